The van der Waals surface area contributed by atoms with Gasteiger partial charge in [0, 0.05) is 38.0 Å². The molecule has 2 aromatic heterocycles. The fraction of sp³-hybridized carbons (Fsp3) is 0.500. The van der Waals surface area contributed by atoms with Gasteiger partial charge in [0.1, 0.15) is 17.5 Å². The summed E-state index contributed by atoms with van der Waals surface area (Å²) >= 11 is 0. The number of aryl methyl sites for hydroxylation is 2. The predicted octanol–water partition coefficient (Wildman–Crippen LogP) is 2.33. The molecule has 2 rings (SSSR count). The molecule has 5 nitrogen and oxygen atoms in total. The minimum atomic E-state index is 0.747. The molecule has 2 heterocycles. The Labute approximate surface area is 114 Å². The van der Waals surface area contributed by atoms with Gasteiger partial charge in [-0.3, -0.25) is 0 Å². The van der Waals surface area contributed by atoms with Gasteiger partial charge in [-0.15, -0.1) is 0 Å². The highest BCUT2D eigenvalue weighted by molar-refractivity contribution is 5.45. The lowest BCUT2D eigenvalue weighted by Gasteiger charge is -2.11. The monoisotopic (exact) mass is 259 g/mol. The highest BCUT2D eigenvalue weighted by Crippen LogP contribution is 2.17. The lowest BCUT2D eigenvalue weighted by atomic mass is 10.1. The molecule has 0 spiro atoms. The third kappa shape index (κ3) is 2.92. The summed E-state index contributed by atoms with van der Waals surface area (Å²) in [5, 5.41) is 3.12. The largest absolute Gasteiger partial charge is 0.373 e. The molecule has 19 heavy (non-hydrogen) atoms. The SMILES string of the molecule is CCCn1ccnc1Cc1nc(C)nc(NC)c1C. The Kier molecular flexibility index (Phi) is 4.14. The molecule has 0 saturated carbocycles. The number of hydrogen-bond donors (Lipinski definition) is 1. The molecular weight excluding hydrogens is 238 g/mol. The smallest absolute Gasteiger partial charge is 0.132 e. The Bertz CT molecular complexity index is 559. The first-order valence-electron chi connectivity index (χ1n) is 6.67. The zero-order chi connectivity index (χ0) is 13.8. The Hall–Kier alpha value is -1.91. The van der Waals surface area contributed by atoms with Crippen molar-refractivity contribution in [1.29, 1.82) is 0 Å². The molecular formula is C14H21N5. The minimum absolute atomic E-state index is 0.747. The van der Waals surface area contributed by atoms with E-state index in [2.05, 4.69) is 31.8 Å². The molecule has 5 heteroatoms. The fourth-order valence-corrected chi connectivity index (χ4v) is 2.20. The van der Waals surface area contributed by atoms with E-state index in [0.717, 1.165) is 48.1 Å². The van der Waals surface area contributed by atoms with E-state index in [-0.39, 0.29) is 0 Å². The summed E-state index contributed by atoms with van der Waals surface area (Å²) in [7, 11) is 1.89. The van der Waals surface area contributed by atoms with Crippen LogP contribution in [0.2, 0.25) is 0 Å². The zero-order valence-electron chi connectivity index (χ0n) is 12.1. The topological polar surface area (TPSA) is 55.6 Å². The molecule has 0 aromatic carbocycles. The van der Waals surface area contributed by atoms with Crippen LogP contribution in [0.4, 0.5) is 5.82 Å². The number of nitrogens with one attached hydrogen (secondary N) is 1. The Morgan fingerprint density at radius 2 is 2.05 bits per heavy atom. The van der Waals surface area contributed by atoms with Crippen LogP contribution in [0.25, 0.3) is 0 Å². The molecule has 0 unspecified atom stereocenters. The first-order valence-corrected chi connectivity index (χ1v) is 6.67. The van der Waals surface area contributed by atoms with Gasteiger partial charge in [0.05, 0.1) is 5.69 Å². The van der Waals surface area contributed by atoms with Gasteiger partial charge >= 0.3 is 0 Å². The maximum atomic E-state index is 4.55. The van der Waals surface area contributed by atoms with Crippen LogP contribution in [0.3, 0.4) is 0 Å². The van der Waals surface area contributed by atoms with Crippen molar-refractivity contribution in [2.75, 3.05) is 12.4 Å². The van der Waals surface area contributed by atoms with Crippen LogP contribution in [0.5, 0.6) is 0 Å². The third-order valence-electron chi connectivity index (χ3n) is 3.19. The van der Waals surface area contributed by atoms with Gasteiger partial charge in [0.2, 0.25) is 0 Å². The second-order valence-corrected chi connectivity index (χ2v) is 4.65. The summed E-state index contributed by atoms with van der Waals surface area (Å²) in [6.45, 7) is 7.14. The number of rotatable bonds is 5. The van der Waals surface area contributed by atoms with Gasteiger partial charge < -0.3 is 9.88 Å². The van der Waals surface area contributed by atoms with Crippen molar-refractivity contribution in [3.63, 3.8) is 0 Å². The van der Waals surface area contributed by atoms with Crippen molar-refractivity contribution < 1.29 is 0 Å². The molecule has 0 saturated heterocycles. The van der Waals surface area contributed by atoms with Gasteiger partial charge in [-0.1, -0.05) is 6.92 Å². The molecule has 0 atom stereocenters. The highest BCUT2D eigenvalue weighted by Gasteiger charge is 2.11. The molecule has 0 amide bonds. The first kappa shape index (κ1) is 13.5. The van der Waals surface area contributed by atoms with E-state index in [4.69, 9.17) is 0 Å². The third-order valence-corrected chi connectivity index (χ3v) is 3.19. The van der Waals surface area contributed by atoms with Crippen LogP contribution in [-0.4, -0.2) is 26.6 Å². The summed E-state index contributed by atoms with van der Waals surface area (Å²) < 4.78 is 2.19. The van der Waals surface area contributed by atoms with Crippen LogP contribution >= 0.6 is 0 Å². The summed E-state index contributed by atoms with van der Waals surface area (Å²) in [4.78, 5) is 13.4. The van der Waals surface area contributed by atoms with Crippen molar-refractivity contribution in [3.8, 4) is 0 Å². The van der Waals surface area contributed by atoms with Crippen molar-refractivity contribution in [2.24, 2.45) is 0 Å². The van der Waals surface area contributed by atoms with Crippen LogP contribution < -0.4 is 5.32 Å². The summed E-state index contributed by atoms with van der Waals surface area (Å²) in [6, 6.07) is 0. The van der Waals surface area contributed by atoms with Crippen LogP contribution in [0, 0.1) is 13.8 Å². The standard InChI is InChI=1S/C14H21N5/c1-5-7-19-8-6-16-13(19)9-12-10(2)14(15-4)18-11(3)17-12/h6,8H,5,7,9H2,1-4H3,(H,15,17,18). The minimum Gasteiger partial charge on any atom is -0.373 e. The number of anilines is 1. The molecule has 0 radical (unpaired) electrons. The molecule has 0 bridgehead atoms. The zero-order valence-corrected chi connectivity index (χ0v) is 12.1. The van der Waals surface area contributed by atoms with E-state index < -0.39 is 0 Å². The quantitative estimate of drug-likeness (QED) is 0.895. The average molecular weight is 259 g/mol. The highest BCUT2D eigenvalue weighted by atomic mass is 15.1. The Morgan fingerprint density at radius 3 is 2.74 bits per heavy atom. The summed E-state index contributed by atoms with van der Waals surface area (Å²) in [5.74, 6) is 2.75. The average Bonchev–Trinajstić information content (AvgIpc) is 2.81. The van der Waals surface area contributed by atoms with Crippen LogP contribution in [0.1, 0.15) is 36.3 Å². The molecule has 102 valence electrons. The van der Waals surface area contributed by atoms with Crippen LogP contribution in [0.15, 0.2) is 12.4 Å². The number of aromatic nitrogens is 4. The van der Waals surface area contributed by atoms with E-state index in [1.807, 2.05) is 33.3 Å². The Morgan fingerprint density at radius 1 is 1.26 bits per heavy atom. The normalized spacial score (nSPS) is 10.7. The second kappa shape index (κ2) is 5.82. The number of imidazole rings is 1. The molecule has 0 aliphatic heterocycles. The molecule has 2 aromatic rings. The van der Waals surface area contributed by atoms with E-state index in [0.29, 0.717) is 0 Å². The lowest BCUT2D eigenvalue weighted by molar-refractivity contribution is 0.643. The van der Waals surface area contributed by atoms with E-state index in [9.17, 15) is 0 Å². The maximum Gasteiger partial charge on any atom is 0.132 e. The predicted molar refractivity (Wildman–Crippen MR) is 76.4 cm³/mol. The van der Waals surface area contributed by atoms with E-state index in [1.165, 1.54) is 0 Å². The molecule has 0 aliphatic rings. The van der Waals surface area contributed by atoms with Gasteiger partial charge in [0.25, 0.3) is 0 Å². The van der Waals surface area contributed by atoms with Gasteiger partial charge in [0.15, 0.2) is 0 Å². The van der Waals surface area contributed by atoms with Crippen molar-refractivity contribution in [1.82, 2.24) is 19.5 Å². The molecule has 1 N–H and O–H groups in total. The molecule has 0 aliphatic carbocycles. The summed E-state index contributed by atoms with van der Waals surface area (Å²) in [6.07, 6.45) is 5.73. The van der Waals surface area contributed by atoms with Crippen molar-refractivity contribution >= 4 is 5.82 Å². The van der Waals surface area contributed by atoms with Crippen molar-refractivity contribution in [2.45, 2.75) is 40.2 Å². The number of nitrogens with zero attached hydrogens (tertiary/aromatic N) is 4. The van der Waals surface area contributed by atoms with Gasteiger partial charge in [-0.2, -0.15) is 0 Å². The van der Waals surface area contributed by atoms with Gasteiger partial charge in [-0.05, 0) is 20.3 Å². The van der Waals surface area contributed by atoms with Gasteiger partial charge in [-0.25, -0.2) is 15.0 Å². The van der Waals surface area contributed by atoms with Crippen LogP contribution in [-0.2, 0) is 13.0 Å². The van der Waals surface area contributed by atoms with E-state index in [1.54, 1.807) is 0 Å². The fourth-order valence-electron chi connectivity index (χ4n) is 2.20. The van der Waals surface area contributed by atoms with E-state index >= 15 is 0 Å². The molecule has 0 fully saturated rings. The number of hydrogen-bond acceptors (Lipinski definition) is 4. The first-order chi connectivity index (χ1) is 9.15. The maximum absolute atomic E-state index is 4.55. The van der Waals surface area contributed by atoms with Crippen molar-refractivity contribution in [3.05, 3.63) is 35.3 Å². The lowest BCUT2D eigenvalue weighted by Crippen LogP contribution is -2.09. The second-order valence-electron chi connectivity index (χ2n) is 4.65. The summed E-state index contributed by atoms with van der Waals surface area (Å²) in [5.41, 5.74) is 2.14. The Balaban J connectivity index is 2.32.